The molecule has 1 aromatic carbocycles. The van der Waals surface area contributed by atoms with Gasteiger partial charge in [0.2, 0.25) is 11.7 Å². The molecule has 0 N–H and O–H groups in total. The zero-order chi connectivity index (χ0) is 18.9. The predicted molar refractivity (Wildman–Crippen MR) is 109 cm³/mol. The molecule has 3 aromatic heterocycles. The van der Waals surface area contributed by atoms with Gasteiger partial charge in [-0.3, -0.25) is 0 Å². The molecule has 3 heterocycles. The van der Waals surface area contributed by atoms with Crippen LogP contribution in [0, 0.1) is 6.92 Å². The quantitative estimate of drug-likeness (QED) is 0.404. The second-order valence-electron chi connectivity index (χ2n) is 6.92. The van der Waals surface area contributed by atoms with Gasteiger partial charge in [0.05, 0.1) is 5.75 Å². The van der Waals surface area contributed by atoms with Crippen LogP contribution in [-0.2, 0) is 12.2 Å². The third-order valence-corrected chi connectivity index (χ3v) is 6.47. The van der Waals surface area contributed by atoms with Gasteiger partial charge >= 0.3 is 0 Å². The fourth-order valence-corrected chi connectivity index (χ4v) is 4.62. The van der Waals surface area contributed by atoms with Crippen molar-refractivity contribution in [2.45, 2.75) is 43.1 Å². The van der Waals surface area contributed by atoms with E-state index in [0.29, 0.717) is 23.5 Å². The Hall–Kier alpha value is -2.45. The highest BCUT2D eigenvalue weighted by Crippen LogP contribution is 2.39. The molecule has 0 amide bonds. The lowest BCUT2D eigenvalue weighted by atomic mass is 10.1. The number of thioether (sulfide) groups is 1. The van der Waals surface area contributed by atoms with E-state index < -0.39 is 0 Å². The normalized spacial score (nSPS) is 13.9. The highest BCUT2D eigenvalue weighted by atomic mass is 32.2. The van der Waals surface area contributed by atoms with Crippen LogP contribution in [-0.4, -0.2) is 24.9 Å². The summed E-state index contributed by atoms with van der Waals surface area (Å²) < 4.78 is 7.73. The van der Waals surface area contributed by atoms with Crippen molar-refractivity contribution in [3.63, 3.8) is 0 Å². The molecule has 1 aliphatic carbocycles. The first-order chi connectivity index (χ1) is 13.8. The monoisotopic (exact) mass is 409 g/mol. The topological polar surface area (TPSA) is 69.6 Å². The van der Waals surface area contributed by atoms with Crippen molar-refractivity contribution >= 4 is 23.1 Å². The summed E-state index contributed by atoms with van der Waals surface area (Å²) in [5, 5.41) is 16.0. The Bertz CT molecular complexity index is 1060. The van der Waals surface area contributed by atoms with E-state index in [0.717, 1.165) is 23.0 Å². The maximum Gasteiger partial charge on any atom is 0.237 e. The first-order valence-corrected chi connectivity index (χ1v) is 11.1. The van der Waals surface area contributed by atoms with Gasteiger partial charge in [0.15, 0.2) is 5.16 Å². The number of benzene rings is 1. The molecule has 142 valence electrons. The maximum atomic E-state index is 5.44. The van der Waals surface area contributed by atoms with Gasteiger partial charge in [0.1, 0.15) is 5.82 Å². The van der Waals surface area contributed by atoms with Crippen LogP contribution in [0.25, 0.3) is 11.4 Å². The molecular formula is C20H19N5OS2. The molecular weight excluding hydrogens is 390 g/mol. The lowest BCUT2D eigenvalue weighted by Crippen LogP contribution is -2.03. The van der Waals surface area contributed by atoms with Crippen LogP contribution in [0.3, 0.4) is 0 Å². The van der Waals surface area contributed by atoms with E-state index in [1.165, 1.54) is 23.3 Å². The highest BCUT2D eigenvalue weighted by Gasteiger charge is 2.30. The molecule has 0 aliphatic heterocycles. The molecule has 5 rings (SSSR count). The molecule has 8 heteroatoms. The smallest absolute Gasteiger partial charge is 0.237 e. The fraction of sp³-hybridized carbons (Fsp3) is 0.300. The number of hydrogen-bond donors (Lipinski definition) is 0. The van der Waals surface area contributed by atoms with E-state index in [4.69, 9.17) is 4.52 Å². The van der Waals surface area contributed by atoms with Gasteiger partial charge in [0.25, 0.3) is 0 Å². The summed E-state index contributed by atoms with van der Waals surface area (Å²) >= 11 is 3.37. The van der Waals surface area contributed by atoms with Crippen molar-refractivity contribution in [2.75, 3.05) is 0 Å². The molecule has 1 aliphatic rings. The van der Waals surface area contributed by atoms with Gasteiger partial charge in [-0.15, -0.1) is 21.5 Å². The minimum absolute atomic E-state index is 0.526. The largest absolute Gasteiger partial charge is 0.338 e. The first-order valence-electron chi connectivity index (χ1n) is 9.25. The average Bonchev–Trinajstić information content (AvgIpc) is 3.11. The molecule has 1 saturated carbocycles. The number of nitrogens with zero attached hydrogens (tertiary/aromatic N) is 5. The number of aromatic nitrogens is 5. The van der Waals surface area contributed by atoms with Crippen LogP contribution in [0.5, 0.6) is 0 Å². The number of hydrogen-bond acceptors (Lipinski definition) is 7. The summed E-state index contributed by atoms with van der Waals surface area (Å²) in [6.45, 7) is 2.06. The standard InChI is InChI=1S/C20H19N5OS2/c1-13-4-6-14(7-5-13)19-21-18(26-24-19)12-28-20-23-22-17(25(20)15-8-9-15)11-16-3-2-10-27-16/h2-7,10,15H,8-9,11-12H2,1H3. The van der Waals surface area contributed by atoms with E-state index in [1.807, 2.05) is 24.3 Å². The van der Waals surface area contributed by atoms with Crippen LogP contribution in [0.15, 0.2) is 51.5 Å². The molecule has 6 nitrogen and oxygen atoms in total. The number of aryl methyl sites for hydroxylation is 1. The molecule has 0 unspecified atom stereocenters. The van der Waals surface area contributed by atoms with Crippen LogP contribution < -0.4 is 0 Å². The second kappa shape index (κ2) is 7.52. The molecule has 28 heavy (non-hydrogen) atoms. The van der Waals surface area contributed by atoms with E-state index in [1.54, 1.807) is 23.1 Å². The van der Waals surface area contributed by atoms with E-state index >= 15 is 0 Å². The van der Waals surface area contributed by atoms with Gasteiger partial charge in [-0.05, 0) is 31.2 Å². The minimum Gasteiger partial charge on any atom is -0.338 e. The van der Waals surface area contributed by atoms with Crippen molar-refractivity contribution in [3.8, 4) is 11.4 Å². The second-order valence-corrected chi connectivity index (χ2v) is 8.90. The number of rotatable bonds is 7. The van der Waals surface area contributed by atoms with Gasteiger partial charge < -0.3 is 9.09 Å². The third kappa shape index (κ3) is 3.74. The Morgan fingerprint density at radius 3 is 2.79 bits per heavy atom. The average molecular weight is 410 g/mol. The highest BCUT2D eigenvalue weighted by molar-refractivity contribution is 7.98. The molecule has 0 atom stereocenters. The van der Waals surface area contributed by atoms with Crippen molar-refractivity contribution in [2.24, 2.45) is 0 Å². The van der Waals surface area contributed by atoms with Gasteiger partial charge in [0, 0.05) is 22.9 Å². The third-order valence-electron chi connectivity index (χ3n) is 4.66. The van der Waals surface area contributed by atoms with Crippen LogP contribution in [0.4, 0.5) is 0 Å². The van der Waals surface area contributed by atoms with E-state index in [-0.39, 0.29) is 0 Å². The minimum atomic E-state index is 0.526. The lowest BCUT2D eigenvalue weighted by Gasteiger charge is -2.07. The van der Waals surface area contributed by atoms with Crippen molar-refractivity contribution in [1.29, 1.82) is 0 Å². The van der Waals surface area contributed by atoms with E-state index in [2.05, 4.69) is 49.3 Å². The molecule has 0 radical (unpaired) electrons. The van der Waals surface area contributed by atoms with Gasteiger partial charge in [-0.25, -0.2) is 0 Å². The molecule has 4 aromatic rings. The fourth-order valence-electron chi connectivity index (χ4n) is 3.05. The van der Waals surface area contributed by atoms with Crippen molar-refractivity contribution in [1.82, 2.24) is 24.9 Å². The lowest BCUT2D eigenvalue weighted by molar-refractivity contribution is 0.391. The Labute approximate surface area is 171 Å². The maximum absolute atomic E-state index is 5.44. The molecule has 1 fully saturated rings. The Morgan fingerprint density at radius 1 is 1.18 bits per heavy atom. The van der Waals surface area contributed by atoms with Crippen molar-refractivity contribution < 1.29 is 4.52 Å². The van der Waals surface area contributed by atoms with Crippen LogP contribution >= 0.6 is 23.1 Å². The number of thiophene rings is 1. The molecule has 0 saturated heterocycles. The summed E-state index contributed by atoms with van der Waals surface area (Å²) in [6.07, 6.45) is 3.22. The van der Waals surface area contributed by atoms with Crippen molar-refractivity contribution in [3.05, 3.63) is 63.9 Å². The zero-order valence-corrected chi connectivity index (χ0v) is 17.0. The van der Waals surface area contributed by atoms with Gasteiger partial charge in [-0.1, -0.05) is 52.8 Å². The molecule has 0 spiro atoms. The van der Waals surface area contributed by atoms with Crippen LogP contribution in [0.1, 0.15) is 41.0 Å². The summed E-state index contributed by atoms with van der Waals surface area (Å²) in [7, 11) is 0. The SMILES string of the molecule is Cc1ccc(-c2noc(CSc3nnc(Cc4cccs4)n3C3CC3)n2)cc1. The predicted octanol–water partition coefficient (Wildman–Crippen LogP) is 4.92. The van der Waals surface area contributed by atoms with E-state index in [9.17, 15) is 0 Å². The van der Waals surface area contributed by atoms with Crippen LogP contribution in [0.2, 0.25) is 0 Å². The summed E-state index contributed by atoms with van der Waals surface area (Å²) in [4.78, 5) is 5.84. The van der Waals surface area contributed by atoms with Gasteiger partial charge in [-0.2, -0.15) is 4.98 Å². The zero-order valence-electron chi connectivity index (χ0n) is 15.4. The summed E-state index contributed by atoms with van der Waals surface area (Å²) in [5.41, 5.74) is 2.17. The Morgan fingerprint density at radius 2 is 2.04 bits per heavy atom. The summed E-state index contributed by atoms with van der Waals surface area (Å²) in [5.74, 6) is 2.85. The Balaban J connectivity index is 1.30. The summed E-state index contributed by atoms with van der Waals surface area (Å²) in [6, 6.07) is 12.9. The molecule has 0 bridgehead atoms. The Kier molecular flexibility index (Phi) is 4.74. The first kappa shape index (κ1) is 17.6.